The Balaban J connectivity index is 0.940. The van der Waals surface area contributed by atoms with Gasteiger partial charge in [-0.05, 0) is 54.1 Å². The Labute approximate surface area is 297 Å². The van der Waals surface area contributed by atoms with Crippen LogP contribution in [-0.4, -0.2) is 85.9 Å². The Morgan fingerprint density at radius 1 is 0.885 bits per heavy atom. The molecule has 1 saturated heterocycles. The van der Waals surface area contributed by atoms with Crippen LogP contribution < -0.4 is 23.7 Å². The molecule has 16 heteroatoms. The first-order chi connectivity index (χ1) is 24.9. The highest BCUT2D eigenvalue weighted by Crippen LogP contribution is 2.33. The largest absolute Gasteiger partial charge is 0.486 e. The van der Waals surface area contributed by atoms with E-state index in [0.29, 0.717) is 68.9 Å². The summed E-state index contributed by atoms with van der Waals surface area (Å²) in [5, 5.41) is 0.858. The molecule has 2 aromatic heterocycles. The molecular weight excluding hydrogens is 703 g/mol. The lowest BCUT2D eigenvalue weighted by Gasteiger charge is -2.34. The van der Waals surface area contributed by atoms with Gasteiger partial charge in [-0.3, -0.25) is 14.4 Å². The molecule has 0 bridgehead atoms. The molecule has 2 aliphatic rings. The van der Waals surface area contributed by atoms with E-state index < -0.39 is 22.8 Å². The smallest absolute Gasteiger partial charge is 0.422 e. The predicted octanol–water partition coefficient (Wildman–Crippen LogP) is 5.84. The second-order valence-electron chi connectivity index (χ2n) is 12.3. The van der Waals surface area contributed by atoms with E-state index >= 15 is 0 Å². The molecule has 0 saturated carbocycles. The Morgan fingerprint density at radius 2 is 1.62 bits per heavy atom. The number of sulfonamides is 1. The van der Waals surface area contributed by atoms with Crippen LogP contribution in [0.5, 0.6) is 28.9 Å². The molecule has 1 amide bonds. The number of carbonyl (C=O) groups excluding carboxylic acids is 1. The molecule has 2 aliphatic heterocycles. The Morgan fingerprint density at radius 3 is 2.33 bits per heavy atom. The van der Waals surface area contributed by atoms with Crippen molar-refractivity contribution in [1.82, 2.24) is 19.4 Å². The Hall–Kier alpha value is -5.48. The van der Waals surface area contributed by atoms with Gasteiger partial charge in [-0.25, -0.2) is 13.4 Å². The minimum atomic E-state index is -4.39. The van der Waals surface area contributed by atoms with Crippen LogP contribution in [-0.2, 0) is 23.6 Å². The van der Waals surface area contributed by atoms with Crippen molar-refractivity contribution in [3.8, 4) is 28.9 Å². The SMILES string of the molecule is Cn1c(C(=O)N2CCN(Cc3ccc(OCC(F)(F)F)cc3)CC2)cc2ccc(Oc3ccc(NS(=O)(=O)c4ccc5c(c4)OCCO5)cn3)cc21. The van der Waals surface area contributed by atoms with Crippen LogP contribution >= 0.6 is 0 Å². The lowest BCUT2D eigenvalue weighted by molar-refractivity contribution is -0.153. The van der Waals surface area contributed by atoms with Crippen LogP contribution in [0.1, 0.15) is 16.1 Å². The van der Waals surface area contributed by atoms with Gasteiger partial charge in [0.2, 0.25) is 5.88 Å². The lowest BCUT2D eigenvalue weighted by atomic mass is 10.2. The number of halogens is 3. The van der Waals surface area contributed by atoms with E-state index in [1.54, 1.807) is 36.4 Å². The molecule has 5 aromatic rings. The number of benzene rings is 3. The van der Waals surface area contributed by atoms with Gasteiger partial charge in [0.05, 0.1) is 22.3 Å². The standard InChI is InChI=1S/C36H34F3N5O7S/c1-42-30-19-28(51-34-11-5-26(21-40-34)41-52(46,47)29-9-10-32-33(20-29)49-17-16-48-32)8-4-25(30)18-31(42)35(45)44-14-12-43(13-15-44)22-24-2-6-27(7-3-24)50-23-36(37,38)39/h2-11,18-21,41H,12-17,22-23H2,1H3. The molecule has 4 heterocycles. The van der Waals surface area contributed by atoms with Gasteiger partial charge < -0.3 is 28.4 Å². The molecule has 52 heavy (non-hydrogen) atoms. The van der Waals surface area contributed by atoms with Gasteiger partial charge in [0, 0.05) is 63.4 Å². The van der Waals surface area contributed by atoms with Gasteiger partial charge in [0.15, 0.2) is 18.1 Å². The molecule has 0 aliphatic carbocycles. The quantitative estimate of drug-likeness (QED) is 0.188. The van der Waals surface area contributed by atoms with E-state index in [1.165, 1.54) is 30.5 Å². The number of aryl methyl sites for hydroxylation is 1. The summed E-state index contributed by atoms with van der Waals surface area (Å²) in [5.74, 6) is 1.65. The second-order valence-corrected chi connectivity index (χ2v) is 14.0. The maximum atomic E-state index is 13.6. The normalized spacial score (nSPS) is 15.0. The number of nitrogens with zero attached hydrogens (tertiary/aromatic N) is 4. The van der Waals surface area contributed by atoms with Crippen LogP contribution in [0.15, 0.2) is 90.0 Å². The highest BCUT2D eigenvalue weighted by atomic mass is 32.2. The molecular formula is C36H34F3N5O7S. The number of hydrogen-bond acceptors (Lipinski definition) is 9. The van der Waals surface area contributed by atoms with E-state index in [2.05, 4.69) is 14.6 Å². The summed E-state index contributed by atoms with van der Waals surface area (Å²) in [6, 6.07) is 21.3. The third-order valence-electron chi connectivity index (χ3n) is 8.66. The van der Waals surface area contributed by atoms with Gasteiger partial charge in [-0.1, -0.05) is 12.1 Å². The summed E-state index contributed by atoms with van der Waals surface area (Å²) >= 11 is 0. The number of fused-ring (bicyclic) bond motifs is 2. The van der Waals surface area contributed by atoms with E-state index in [1.807, 2.05) is 34.7 Å². The summed E-state index contributed by atoms with van der Waals surface area (Å²) in [5.41, 5.74) is 2.50. The molecule has 0 radical (unpaired) electrons. The van der Waals surface area contributed by atoms with Gasteiger partial charge in [-0.15, -0.1) is 0 Å². The highest BCUT2D eigenvalue weighted by molar-refractivity contribution is 7.92. The van der Waals surface area contributed by atoms with Gasteiger partial charge in [-0.2, -0.15) is 13.2 Å². The van der Waals surface area contributed by atoms with Crippen molar-refractivity contribution in [2.45, 2.75) is 17.6 Å². The average Bonchev–Trinajstić information content (AvgIpc) is 3.46. The Bertz CT molecular complexity index is 2190. The van der Waals surface area contributed by atoms with Gasteiger partial charge >= 0.3 is 6.18 Å². The molecule has 1 fully saturated rings. The predicted molar refractivity (Wildman–Crippen MR) is 185 cm³/mol. The average molecular weight is 738 g/mol. The zero-order valence-corrected chi connectivity index (χ0v) is 28.7. The number of aromatic nitrogens is 2. The zero-order valence-electron chi connectivity index (χ0n) is 27.9. The van der Waals surface area contributed by atoms with Crippen LogP contribution in [0.25, 0.3) is 10.9 Å². The molecule has 0 atom stereocenters. The Kier molecular flexibility index (Phi) is 9.59. The third kappa shape index (κ3) is 8.02. The minimum absolute atomic E-state index is 0.0242. The molecule has 3 aromatic carbocycles. The van der Waals surface area contributed by atoms with Crippen molar-refractivity contribution in [2.24, 2.45) is 7.05 Å². The summed E-state index contributed by atoms with van der Waals surface area (Å²) in [6.07, 6.45) is -3.03. The molecule has 1 N–H and O–H groups in total. The number of anilines is 1. The van der Waals surface area contributed by atoms with Crippen molar-refractivity contribution in [3.05, 3.63) is 96.3 Å². The molecule has 0 unspecified atom stereocenters. The van der Waals surface area contributed by atoms with Crippen LogP contribution in [0, 0.1) is 0 Å². The molecule has 272 valence electrons. The summed E-state index contributed by atoms with van der Waals surface area (Å²) in [7, 11) is -2.10. The fraction of sp³-hybridized carbons (Fsp3) is 0.278. The first-order valence-corrected chi connectivity index (χ1v) is 17.8. The number of nitrogens with one attached hydrogen (secondary N) is 1. The van der Waals surface area contributed by atoms with Crippen LogP contribution in [0.3, 0.4) is 0 Å². The maximum absolute atomic E-state index is 13.6. The first kappa shape index (κ1) is 34.9. The zero-order chi connectivity index (χ0) is 36.5. The number of carbonyl (C=O) groups is 1. The van der Waals surface area contributed by atoms with Crippen molar-refractivity contribution in [2.75, 3.05) is 50.7 Å². The lowest BCUT2D eigenvalue weighted by Crippen LogP contribution is -2.48. The number of pyridine rings is 1. The minimum Gasteiger partial charge on any atom is -0.486 e. The van der Waals surface area contributed by atoms with Crippen molar-refractivity contribution in [3.63, 3.8) is 0 Å². The van der Waals surface area contributed by atoms with Gasteiger partial charge in [0.25, 0.3) is 15.9 Å². The maximum Gasteiger partial charge on any atom is 0.422 e. The topological polar surface area (TPSA) is 124 Å². The van der Waals surface area contributed by atoms with Crippen LogP contribution in [0.4, 0.5) is 18.9 Å². The fourth-order valence-electron chi connectivity index (χ4n) is 5.99. The summed E-state index contributed by atoms with van der Waals surface area (Å²) < 4.78 is 89.2. The van der Waals surface area contributed by atoms with E-state index in [9.17, 15) is 26.4 Å². The molecule has 7 rings (SSSR count). The number of ether oxygens (including phenoxy) is 4. The van der Waals surface area contributed by atoms with Crippen molar-refractivity contribution < 1.29 is 45.3 Å². The molecule has 12 nitrogen and oxygen atoms in total. The van der Waals surface area contributed by atoms with E-state index in [0.717, 1.165) is 16.5 Å². The fourth-order valence-corrected chi connectivity index (χ4v) is 7.05. The number of piperazine rings is 1. The number of amides is 1. The van der Waals surface area contributed by atoms with Crippen molar-refractivity contribution >= 4 is 32.5 Å². The van der Waals surface area contributed by atoms with Crippen LogP contribution in [0.2, 0.25) is 0 Å². The second kappa shape index (κ2) is 14.3. The van der Waals surface area contributed by atoms with Crippen molar-refractivity contribution in [1.29, 1.82) is 0 Å². The highest BCUT2D eigenvalue weighted by Gasteiger charge is 2.29. The number of alkyl halides is 3. The third-order valence-corrected chi connectivity index (χ3v) is 10.0. The van der Waals surface area contributed by atoms with E-state index in [-0.39, 0.29) is 28.1 Å². The van der Waals surface area contributed by atoms with E-state index in [4.69, 9.17) is 18.9 Å². The van der Waals surface area contributed by atoms with Gasteiger partial charge in [0.1, 0.15) is 30.4 Å². The summed E-state index contributed by atoms with van der Waals surface area (Å²) in [6.45, 7) is 2.35. The molecule has 0 spiro atoms. The monoisotopic (exact) mass is 737 g/mol. The first-order valence-electron chi connectivity index (χ1n) is 16.4. The summed E-state index contributed by atoms with van der Waals surface area (Å²) in [4.78, 5) is 21.9. The number of hydrogen-bond donors (Lipinski definition) is 1. The number of rotatable bonds is 10.